The number of hydrogen-bond donors (Lipinski definition) is 0. The van der Waals surface area contributed by atoms with Crippen LogP contribution in [0, 0.1) is 0 Å². The van der Waals surface area contributed by atoms with E-state index < -0.39 is 11.9 Å². The van der Waals surface area contributed by atoms with E-state index in [1.54, 1.807) is 48.5 Å². The third-order valence-electron chi connectivity index (χ3n) is 2.57. The first kappa shape index (κ1) is 13.8. The van der Waals surface area contributed by atoms with Crippen LogP contribution in [0.5, 0.6) is 0 Å². The van der Waals surface area contributed by atoms with E-state index in [-0.39, 0.29) is 13.2 Å². The lowest BCUT2D eigenvalue weighted by atomic mass is 10.2. The summed E-state index contributed by atoms with van der Waals surface area (Å²) in [6, 6.07) is 17.3. The van der Waals surface area contributed by atoms with Gasteiger partial charge in [-0.25, -0.2) is 9.59 Å². The van der Waals surface area contributed by atoms with E-state index in [1.165, 1.54) is 0 Å². The number of esters is 2. The third-order valence-corrected chi connectivity index (χ3v) is 2.57. The van der Waals surface area contributed by atoms with Crippen molar-refractivity contribution in [1.82, 2.24) is 0 Å². The molecule has 0 fully saturated rings. The summed E-state index contributed by atoms with van der Waals surface area (Å²) in [6.07, 6.45) is 0. The first-order valence-electron chi connectivity index (χ1n) is 6.22. The minimum atomic E-state index is -0.429. The van der Waals surface area contributed by atoms with Crippen LogP contribution >= 0.6 is 0 Å². The molecule has 0 amide bonds. The van der Waals surface area contributed by atoms with Crippen LogP contribution in [0.3, 0.4) is 0 Å². The summed E-state index contributed by atoms with van der Waals surface area (Å²) in [5.74, 6) is -0.859. The van der Waals surface area contributed by atoms with Gasteiger partial charge in [0.05, 0.1) is 11.1 Å². The SMILES string of the molecule is O=C(OCCOC(=O)c1ccccc1)c1ccccc1. The fourth-order valence-electron chi connectivity index (χ4n) is 1.58. The van der Waals surface area contributed by atoms with Crippen LogP contribution in [0.15, 0.2) is 60.7 Å². The second kappa shape index (κ2) is 7.09. The second-order valence-electron chi connectivity index (χ2n) is 4.00. The molecule has 0 bridgehead atoms. The maximum Gasteiger partial charge on any atom is 0.338 e. The second-order valence-corrected chi connectivity index (χ2v) is 4.00. The lowest BCUT2D eigenvalue weighted by molar-refractivity contribution is 0.0265. The summed E-state index contributed by atoms with van der Waals surface area (Å²) < 4.78 is 10.00. The van der Waals surface area contributed by atoms with E-state index in [0.29, 0.717) is 11.1 Å². The Labute approximate surface area is 116 Å². The van der Waals surface area contributed by atoms with Crippen molar-refractivity contribution >= 4 is 11.9 Å². The Morgan fingerprint density at radius 1 is 0.650 bits per heavy atom. The summed E-state index contributed by atoms with van der Waals surface area (Å²) >= 11 is 0. The average Bonchev–Trinajstić information content (AvgIpc) is 2.53. The Morgan fingerprint density at radius 3 is 1.35 bits per heavy atom. The van der Waals surface area contributed by atoms with Gasteiger partial charge in [-0.15, -0.1) is 0 Å². The predicted octanol–water partition coefficient (Wildman–Crippen LogP) is 2.70. The smallest absolute Gasteiger partial charge is 0.338 e. The van der Waals surface area contributed by atoms with Crippen molar-refractivity contribution in [3.8, 4) is 0 Å². The molecule has 0 unspecified atom stereocenters. The predicted molar refractivity (Wildman–Crippen MR) is 73.4 cm³/mol. The van der Waals surface area contributed by atoms with Crippen LogP contribution in [0.2, 0.25) is 0 Å². The Kier molecular flexibility index (Phi) is 4.89. The van der Waals surface area contributed by atoms with Crippen LogP contribution in [0.4, 0.5) is 0 Å². The molecule has 2 aromatic rings. The molecule has 0 aliphatic heterocycles. The van der Waals surface area contributed by atoms with E-state index >= 15 is 0 Å². The van der Waals surface area contributed by atoms with Gasteiger partial charge in [-0.3, -0.25) is 0 Å². The van der Waals surface area contributed by atoms with Gasteiger partial charge in [0.25, 0.3) is 0 Å². The highest BCUT2D eigenvalue weighted by Crippen LogP contribution is 2.02. The van der Waals surface area contributed by atoms with Gasteiger partial charge in [-0.05, 0) is 24.3 Å². The minimum Gasteiger partial charge on any atom is -0.458 e. The quantitative estimate of drug-likeness (QED) is 0.619. The van der Waals surface area contributed by atoms with Crippen LogP contribution < -0.4 is 0 Å². The number of ether oxygens (including phenoxy) is 2. The molecule has 0 aliphatic rings. The standard InChI is InChI=1S/C16H14O4/c17-15(13-7-3-1-4-8-13)19-11-12-20-16(18)14-9-5-2-6-10-14/h1-10H,11-12H2. The zero-order chi connectivity index (χ0) is 14.2. The fraction of sp³-hybridized carbons (Fsp3) is 0.125. The van der Waals surface area contributed by atoms with Crippen molar-refractivity contribution in [1.29, 1.82) is 0 Å². The van der Waals surface area contributed by atoms with Crippen LogP contribution in [-0.2, 0) is 9.47 Å². The Hall–Kier alpha value is -2.62. The summed E-state index contributed by atoms with van der Waals surface area (Å²) in [7, 11) is 0. The molecule has 4 heteroatoms. The first-order chi connectivity index (χ1) is 9.77. The highest BCUT2D eigenvalue weighted by Gasteiger charge is 2.08. The summed E-state index contributed by atoms with van der Waals surface area (Å²) in [6.45, 7) is 0.0681. The van der Waals surface area contributed by atoms with Gasteiger partial charge < -0.3 is 9.47 Å². The van der Waals surface area contributed by atoms with Gasteiger partial charge in [0.15, 0.2) is 0 Å². The molecule has 0 aromatic heterocycles. The topological polar surface area (TPSA) is 52.6 Å². The van der Waals surface area contributed by atoms with E-state index in [0.717, 1.165) is 0 Å². The van der Waals surface area contributed by atoms with Crippen molar-refractivity contribution in [3.05, 3.63) is 71.8 Å². The summed E-state index contributed by atoms with van der Waals surface area (Å²) in [4.78, 5) is 23.2. The Morgan fingerprint density at radius 2 is 1.00 bits per heavy atom. The van der Waals surface area contributed by atoms with Gasteiger partial charge in [0.2, 0.25) is 0 Å². The van der Waals surface area contributed by atoms with E-state index in [9.17, 15) is 9.59 Å². The molecule has 0 radical (unpaired) electrons. The fourth-order valence-corrected chi connectivity index (χ4v) is 1.58. The van der Waals surface area contributed by atoms with E-state index in [1.807, 2.05) is 12.1 Å². The molecule has 4 nitrogen and oxygen atoms in total. The molecule has 0 spiro atoms. The normalized spacial score (nSPS) is 9.80. The minimum absolute atomic E-state index is 0.0340. The Balaban J connectivity index is 1.72. The largest absolute Gasteiger partial charge is 0.458 e. The number of benzene rings is 2. The molecular weight excluding hydrogens is 256 g/mol. The molecule has 2 aromatic carbocycles. The molecule has 20 heavy (non-hydrogen) atoms. The number of carbonyl (C=O) groups is 2. The van der Waals surface area contributed by atoms with Crippen molar-refractivity contribution in [3.63, 3.8) is 0 Å². The molecule has 0 heterocycles. The zero-order valence-corrected chi connectivity index (χ0v) is 10.8. The lowest BCUT2D eigenvalue weighted by Crippen LogP contribution is -2.14. The molecule has 0 N–H and O–H groups in total. The maximum absolute atomic E-state index is 11.6. The Bertz CT molecular complexity index is 510. The van der Waals surface area contributed by atoms with Crippen LogP contribution in [0.1, 0.15) is 20.7 Å². The molecule has 0 saturated carbocycles. The monoisotopic (exact) mass is 270 g/mol. The maximum atomic E-state index is 11.6. The van der Waals surface area contributed by atoms with Gasteiger partial charge in [0.1, 0.15) is 13.2 Å². The molecule has 2 rings (SSSR count). The van der Waals surface area contributed by atoms with E-state index in [4.69, 9.17) is 9.47 Å². The van der Waals surface area contributed by atoms with Gasteiger partial charge in [-0.1, -0.05) is 36.4 Å². The van der Waals surface area contributed by atoms with Crippen LogP contribution in [-0.4, -0.2) is 25.2 Å². The molecule has 102 valence electrons. The van der Waals surface area contributed by atoms with Crippen molar-refractivity contribution in [2.75, 3.05) is 13.2 Å². The third kappa shape index (κ3) is 3.95. The van der Waals surface area contributed by atoms with Crippen molar-refractivity contribution in [2.45, 2.75) is 0 Å². The van der Waals surface area contributed by atoms with Crippen molar-refractivity contribution < 1.29 is 19.1 Å². The number of hydrogen-bond acceptors (Lipinski definition) is 4. The number of rotatable bonds is 5. The number of carbonyl (C=O) groups excluding carboxylic acids is 2. The van der Waals surface area contributed by atoms with Crippen LogP contribution in [0.25, 0.3) is 0 Å². The molecule has 0 aliphatic carbocycles. The summed E-state index contributed by atoms with van der Waals surface area (Å²) in [5.41, 5.74) is 0.948. The molecule has 0 atom stereocenters. The lowest BCUT2D eigenvalue weighted by Gasteiger charge is -2.06. The molecule has 0 saturated heterocycles. The molecular formula is C16H14O4. The van der Waals surface area contributed by atoms with Gasteiger partial charge >= 0.3 is 11.9 Å². The van der Waals surface area contributed by atoms with Gasteiger partial charge in [0, 0.05) is 0 Å². The zero-order valence-electron chi connectivity index (χ0n) is 10.8. The highest BCUT2D eigenvalue weighted by molar-refractivity contribution is 5.90. The van der Waals surface area contributed by atoms with E-state index in [2.05, 4.69) is 0 Å². The highest BCUT2D eigenvalue weighted by atomic mass is 16.6. The van der Waals surface area contributed by atoms with Gasteiger partial charge in [-0.2, -0.15) is 0 Å². The average molecular weight is 270 g/mol. The summed E-state index contributed by atoms with van der Waals surface area (Å²) in [5, 5.41) is 0. The first-order valence-corrected chi connectivity index (χ1v) is 6.22. The van der Waals surface area contributed by atoms with Crippen molar-refractivity contribution in [2.24, 2.45) is 0 Å².